The molecule has 1 heterocycles. The minimum atomic E-state index is -4.75. The van der Waals surface area contributed by atoms with Gasteiger partial charge in [0.15, 0.2) is 0 Å². The first-order chi connectivity index (χ1) is 7.00. The molecule has 1 aromatic carbocycles. The van der Waals surface area contributed by atoms with Crippen molar-refractivity contribution in [1.82, 2.24) is 9.97 Å². The molecule has 6 heteroatoms. The Morgan fingerprint density at radius 2 is 1.73 bits per heavy atom. The van der Waals surface area contributed by atoms with Crippen molar-refractivity contribution in [1.29, 1.82) is 0 Å². The predicted molar refractivity (Wildman–Crippen MR) is 52.6 cm³/mol. The molecule has 2 aromatic rings. The third-order valence-corrected chi connectivity index (χ3v) is 2.91. The second kappa shape index (κ2) is 3.23. The largest absolute Gasteiger partial charge is 0.334 e. The Kier molecular flexibility index (Phi) is 2.15. The molecule has 78 valence electrons. The summed E-state index contributed by atoms with van der Waals surface area (Å²) in [5.41, 5.74) is 1.22. The van der Waals surface area contributed by atoms with E-state index in [-0.39, 0.29) is 5.52 Å². The average molecular weight is 226 g/mol. The highest BCUT2D eigenvalue weighted by atomic mass is 32.3. The monoisotopic (exact) mass is 226 g/mol. The van der Waals surface area contributed by atoms with Gasteiger partial charge in [0.25, 0.3) is 0 Å². The molecule has 0 spiro atoms. The summed E-state index contributed by atoms with van der Waals surface area (Å²) in [6.45, 7) is 1.76. The van der Waals surface area contributed by atoms with E-state index in [0.717, 1.165) is 5.56 Å². The number of aromatic nitrogens is 2. The van der Waals surface area contributed by atoms with Crippen LogP contribution in [0.5, 0.6) is 0 Å². The van der Waals surface area contributed by atoms with E-state index in [1.165, 1.54) is 24.5 Å². The van der Waals surface area contributed by atoms with Gasteiger partial charge in [-0.15, -0.1) is 3.89 Å². The SMILES string of the molecule is Cc1ccc(S(=O)(=O)F)c2nccnc12. The summed E-state index contributed by atoms with van der Waals surface area (Å²) in [5, 5.41) is 0. The van der Waals surface area contributed by atoms with Crippen molar-refractivity contribution in [2.24, 2.45) is 0 Å². The topological polar surface area (TPSA) is 59.9 Å². The van der Waals surface area contributed by atoms with Gasteiger partial charge in [0, 0.05) is 12.4 Å². The zero-order valence-electron chi connectivity index (χ0n) is 7.81. The summed E-state index contributed by atoms with van der Waals surface area (Å²) in [6, 6.07) is 2.70. The Labute approximate surface area is 86.0 Å². The second-order valence-electron chi connectivity index (χ2n) is 3.07. The first-order valence-electron chi connectivity index (χ1n) is 4.15. The van der Waals surface area contributed by atoms with Crippen LogP contribution in [0.2, 0.25) is 0 Å². The van der Waals surface area contributed by atoms with Crippen LogP contribution in [-0.2, 0) is 10.2 Å². The number of fused-ring (bicyclic) bond motifs is 1. The zero-order chi connectivity index (χ0) is 11.1. The molecule has 0 aliphatic heterocycles. The van der Waals surface area contributed by atoms with Crippen LogP contribution in [-0.4, -0.2) is 18.4 Å². The summed E-state index contributed by atoms with van der Waals surface area (Å²) in [4.78, 5) is 7.35. The molecule has 0 bridgehead atoms. The van der Waals surface area contributed by atoms with Crippen molar-refractivity contribution in [2.45, 2.75) is 11.8 Å². The number of rotatable bonds is 1. The molecule has 0 amide bonds. The van der Waals surface area contributed by atoms with Crippen LogP contribution in [0.4, 0.5) is 3.89 Å². The Morgan fingerprint density at radius 3 is 2.33 bits per heavy atom. The Hall–Kier alpha value is -1.56. The molecule has 0 unspecified atom stereocenters. The maximum absolute atomic E-state index is 12.9. The molecule has 0 aliphatic rings. The fourth-order valence-electron chi connectivity index (χ4n) is 1.36. The van der Waals surface area contributed by atoms with Gasteiger partial charge in [-0.1, -0.05) is 6.07 Å². The summed E-state index contributed by atoms with van der Waals surface area (Å²) in [6.07, 6.45) is 2.76. The highest BCUT2D eigenvalue weighted by Gasteiger charge is 2.17. The molecule has 0 atom stereocenters. The Morgan fingerprint density at radius 1 is 1.13 bits per heavy atom. The van der Waals surface area contributed by atoms with Gasteiger partial charge in [-0.25, -0.2) is 0 Å². The van der Waals surface area contributed by atoms with Crippen LogP contribution < -0.4 is 0 Å². The molecule has 1 aromatic heterocycles. The number of hydrogen-bond donors (Lipinski definition) is 0. The molecular weight excluding hydrogens is 219 g/mol. The molecule has 0 radical (unpaired) electrons. The minimum Gasteiger partial charge on any atom is -0.253 e. The number of hydrogen-bond acceptors (Lipinski definition) is 4. The maximum atomic E-state index is 12.9. The van der Waals surface area contributed by atoms with Gasteiger partial charge in [-0.2, -0.15) is 8.42 Å². The van der Waals surface area contributed by atoms with Crippen molar-refractivity contribution in [2.75, 3.05) is 0 Å². The Bertz CT molecular complexity index is 625. The lowest BCUT2D eigenvalue weighted by molar-refractivity contribution is 0.553. The number of benzene rings is 1. The summed E-state index contributed by atoms with van der Waals surface area (Å²) < 4.78 is 34.5. The average Bonchev–Trinajstić information content (AvgIpc) is 2.17. The van der Waals surface area contributed by atoms with Crippen molar-refractivity contribution in [3.05, 3.63) is 30.1 Å². The van der Waals surface area contributed by atoms with E-state index in [2.05, 4.69) is 9.97 Å². The molecule has 2 rings (SSSR count). The van der Waals surface area contributed by atoms with Gasteiger partial charge < -0.3 is 0 Å². The first kappa shape index (κ1) is 9.97. The van der Waals surface area contributed by atoms with Gasteiger partial charge >= 0.3 is 10.2 Å². The van der Waals surface area contributed by atoms with Gasteiger partial charge in [0.1, 0.15) is 10.4 Å². The van der Waals surface area contributed by atoms with E-state index in [4.69, 9.17) is 0 Å². The summed E-state index contributed by atoms with van der Waals surface area (Å²) >= 11 is 0. The fraction of sp³-hybridized carbons (Fsp3) is 0.111. The molecule has 4 nitrogen and oxygen atoms in total. The minimum absolute atomic E-state index is 0.0694. The van der Waals surface area contributed by atoms with Gasteiger partial charge in [-0.3, -0.25) is 9.97 Å². The highest BCUT2D eigenvalue weighted by molar-refractivity contribution is 7.86. The molecular formula is C9H7FN2O2S. The van der Waals surface area contributed by atoms with Crippen LogP contribution in [0.1, 0.15) is 5.56 Å². The van der Waals surface area contributed by atoms with E-state index in [9.17, 15) is 12.3 Å². The van der Waals surface area contributed by atoms with E-state index in [1.807, 2.05) is 0 Å². The third kappa shape index (κ3) is 1.68. The molecule has 15 heavy (non-hydrogen) atoms. The lowest BCUT2D eigenvalue weighted by atomic mass is 10.2. The quantitative estimate of drug-likeness (QED) is 0.693. The van der Waals surface area contributed by atoms with Crippen LogP contribution in [0.15, 0.2) is 29.4 Å². The normalized spacial score (nSPS) is 11.9. The summed E-state index contributed by atoms with van der Waals surface area (Å²) in [5.74, 6) is 0. The van der Waals surface area contributed by atoms with Crippen LogP contribution in [0.3, 0.4) is 0 Å². The van der Waals surface area contributed by atoms with E-state index >= 15 is 0 Å². The standard InChI is InChI=1S/C9H7FN2O2S/c1-6-2-3-7(15(10,13)14)9-8(6)11-4-5-12-9/h2-5H,1H3. The first-order valence-corrected chi connectivity index (χ1v) is 5.53. The number of nitrogens with zero attached hydrogens (tertiary/aromatic N) is 2. The lowest BCUT2D eigenvalue weighted by Crippen LogP contribution is -1.97. The van der Waals surface area contributed by atoms with Crippen LogP contribution in [0, 0.1) is 6.92 Å². The number of aryl methyl sites for hydroxylation is 1. The highest BCUT2D eigenvalue weighted by Crippen LogP contribution is 2.23. The van der Waals surface area contributed by atoms with E-state index in [0.29, 0.717) is 5.52 Å². The Balaban J connectivity index is 2.96. The second-order valence-corrected chi connectivity index (χ2v) is 4.39. The predicted octanol–water partition coefficient (Wildman–Crippen LogP) is 1.60. The third-order valence-electron chi connectivity index (χ3n) is 2.05. The number of halogens is 1. The van der Waals surface area contributed by atoms with Crippen molar-refractivity contribution < 1.29 is 12.3 Å². The van der Waals surface area contributed by atoms with Crippen molar-refractivity contribution in [3.63, 3.8) is 0 Å². The van der Waals surface area contributed by atoms with Crippen LogP contribution >= 0.6 is 0 Å². The molecule has 0 saturated carbocycles. The van der Waals surface area contributed by atoms with Crippen LogP contribution in [0.25, 0.3) is 11.0 Å². The fourth-order valence-corrected chi connectivity index (χ4v) is 1.97. The van der Waals surface area contributed by atoms with Gasteiger partial charge in [0.05, 0.1) is 5.52 Å². The maximum Gasteiger partial charge on any atom is 0.334 e. The lowest BCUT2D eigenvalue weighted by Gasteiger charge is -2.02. The van der Waals surface area contributed by atoms with Crippen molar-refractivity contribution >= 4 is 21.3 Å². The smallest absolute Gasteiger partial charge is 0.253 e. The van der Waals surface area contributed by atoms with Gasteiger partial charge in [-0.05, 0) is 18.6 Å². The van der Waals surface area contributed by atoms with E-state index < -0.39 is 15.1 Å². The molecule has 0 N–H and O–H groups in total. The molecule has 0 saturated heterocycles. The van der Waals surface area contributed by atoms with Gasteiger partial charge in [0.2, 0.25) is 0 Å². The molecule has 0 aliphatic carbocycles. The molecule has 0 fully saturated rings. The van der Waals surface area contributed by atoms with Crippen molar-refractivity contribution in [3.8, 4) is 0 Å². The summed E-state index contributed by atoms with van der Waals surface area (Å²) in [7, 11) is -4.75. The zero-order valence-corrected chi connectivity index (χ0v) is 8.62. The van der Waals surface area contributed by atoms with E-state index in [1.54, 1.807) is 6.92 Å².